The minimum atomic E-state index is -1.47. The summed E-state index contributed by atoms with van der Waals surface area (Å²) in [5.41, 5.74) is 0. The molecule has 11 heteroatoms. The molecule has 0 aliphatic carbocycles. The molecule has 0 amide bonds. The van der Waals surface area contributed by atoms with Crippen molar-refractivity contribution in [1.82, 2.24) is 0 Å². The zero-order chi connectivity index (χ0) is 20.4. The summed E-state index contributed by atoms with van der Waals surface area (Å²) in [4.78, 5) is 45.6. The summed E-state index contributed by atoms with van der Waals surface area (Å²) in [5, 5.41) is 27.2. The van der Waals surface area contributed by atoms with E-state index in [2.05, 4.69) is 9.47 Å². The average molecular weight is 380 g/mol. The normalized spacial score (nSPS) is 16.4. The standard InChI is InChI=1S/C15H24O11/c1-7(16)12(19)23-5-11(26-14(21)9(3)18)6-24-15(22)10(4)25-13(20)8(2)17/h7-11,16-18H,5-6H2,1-4H3. The van der Waals surface area contributed by atoms with E-state index < -0.39 is 67.6 Å². The molecule has 0 aliphatic rings. The first-order chi connectivity index (χ1) is 12.0. The number of hydrogen-bond acceptors (Lipinski definition) is 11. The molecule has 150 valence electrons. The Labute approximate surface area is 149 Å². The number of hydrogen-bond donors (Lipinski definition) is 3. The minimum absolute atomic E-state index is 0.544. The van der Waals surface area contributed by atoms with Gasteiger partial charge in [-0.05, 0) is 27.7 Å². The monoisotopic (exact) mass is 380 g/mol. The number of ether oxygens (including phenoxy) is 4. The van der Waals surface area contributed by atoms with Crippen LogP contribution in [0.25, 0.3) is 0 Å². The van der Waals surface area contributed by atoms with Gasteiger partial charge in [0.15, 0.2) is 12.2 Å². The molecular weight excluding hydrogens is 356 g/mol. The maximum atomic E-state index is 11.8. The van der Waals surface area contributed by atoms with Crippen molar-refractivity contribution in [2.75, 3.05) is 13.2 Å². The fraction of sp³-hybridized carbons (Fsp3) is 0.733. The lowest BCUT2D eigenvalue weighted by Gasteiger charge is -2.20. The van der Waals surface area contributed by atoms with Crippen molar-refractivity contribution in [3.63, 3.8) is 0 Å². The van der Waals surface area contributed by atoms with Gasteiger partial charge >= 0.3 is 23.9 Å². The van der Waals surface area contributed by atoms with E-state index in [0.29, 0.717) is 0 Å². The van der Waals surface area contributed by atoms with Crippen LogP contribution in [-0.4, -0.2) is 82.9 Å². The molecule has 0 saturated carbocycles. The van der Waals surface area contributed by atoms with E-state index in [0.717, 1.165) is 20.8 Å². The van der Waals surface area contributed by atoms with Crippen LogP contribution < -0.4 is 0 Å². The van der Waals surface area contributed by atoms with Crippen LogP contribution in [0.4, 0.5) is 0 Å². The number of carbonyl (C=O) groups is 4. The topological polar surface area (TPSA) is 166 Å². The molecule has 0 bridgehead atoms. The van der Waals surface area contributed by atoms with Crippen LogP contribution in [0.15, 0.2) is 0 Å². The van der Waals surface area contributed by atoms with Crippen molar-refractivity contribution in [3.05, 3.63) is 0 Å². The van der Waals surface area contributed by atoms with E-state index in [4.69, 9.17) is 24.8 Å². The van der Waals surface area contributed by atoms with Gasteiger partial charge in [-0.15, -0.1) is 0 Å². The Morgan fingerprint density at radius 1 is 0.654 bits per heavy atom. The second kappa shape index (κ2) is 11.4. The quantitative estimate of drug-likeness (QED) is 0.285. The van der Waals surface area contributed by atoms with Gasteiger partial charge in [-0.1, -0.05) is 0 Å². The molecule has 0 heterocycles. The second-order valence-electron chi connectivity index (χ2n) is 5.43. The van der Waals surface area contributed by atoms with Crippen LogP contribution in [0, 0.1) is 0 Å². The Bertz CT molecular complexity index is 498. The fourth-order valence-corrected chi connectivity index (χ4v) is 1.29. The predicted molar refractivity (Wildman–Crippen MR) is 82.4 cm³/mol. The van der Waals surface area contributed by atoms with Crippen molar-refractivity contribution >= 4 is 23.9 Å². The number of esters is 4. The van der Waals surface area contributed by atoms with Crippen molar-refractivity contribution in [3.8, 4) is 0 Å². The Morgan fingerprint density at radius 2 is 1.04 bits per heavy atom. The van der Waals surface area contributed by atoms with E-state index in [1.54, 1.807) is 0 Å². The first kappa shape index (κ1) is 23.8. The molecular formula is C15H24O11. The van der Waals surface area contributed by atoms with Crippen molar-refractivity contribution in [1.29, 1.82) is 0 Å². The maximum Gasteiger partial charge on any atom is 0.347 e. The third kappa shape index (κ3) is 9.30. The third-order valence-electron chi connectivity index (χ3n) is 2.75. The zero-order valence-corrected chi connectivity index (χ0v) is 14.9. The van der Waals surface area contributed by atoms with Crippen molar-refractivity contribution in [2.24, 2.45) is 0 Å². The van der Waals surface area contributed by atoms with Crippen molar-refractivity contribution < 1.29 is 53.4 Å². The van der Waals surface area contributed by atoms with Crippen LogP contribution in [-0.2, 0) is 38.1 Å². The Kier molecular flexibility index (Phi) is 10.4. The number of carbonyl (C=O) groups excluding carboxylic acids is 4. The molecule has 0 aromatic heterocycles. The average Bonchev–Trinajstić information content (AvgIpc) is 2.55. The van der Waals surface area contributed by atoms with Crippen molar-refractivity contribution in [2.45, 2.75) is 58.2 Å². The van der Waals surface area contributed by atoms with Crippen LogP contribution >= 0.6 is 0 Å². The smallest absolute Gasteiger partial charge is 0.347 e. The summed E-state index contributed by atoms with van der Waals surface area (Å²) >= 11 is 0. The molecule has 0 aliphatic heterocycles. The fourth-order valence-electron chi connectivity index (χ4n) is 1.29. The van der Waals surface area contributed by atoms with E-state index >= 15 is 0 Å². The Hall–Kier alpha value is -2.24. The summed E-state index contributed by atoms with van der Waals surface area (Å²) < 4.78 is 18.9. The summed E-state index contributed by atoms with van der Waals surface area (Å²) in [6.07, 6.45) is -6.91. The number of rotatable bonds is 10. The van der Waals surface area contributed by atoms with Gasteiger partial charge in [-0.2, -0.15) is 0 Å². The van der Waals surface area contributed by atoms with Gasteiger partial charge in [0.2, 0.25) is 0 Å². The van der Waals surface area contributed by atoms with Gasteiger partial charge in [0.05, 0.1) is 0 Å². The first-order valence-electron chi connectivity index (χ1n) is 7.74. The predicted octanol–water partition coefficient (Wildman–Crippen LogP) is -1.94. The summed E-state index contributed by atoms with van der Waals surface area (Å²) in [5.74, 6) is -4.07. The highest BCUT2D eigenvalue weighted by Gasteiger charge is 2.26. The molecule has 0 saturated heterocycles. The van der Waals surface area contributed by atoms with Gasteiger partial charge in [-0.3, -0.25) is 0 Å². The zero-order valence-electron chi connectivity index (χ0n) is 14.9. The summed E-state index contributed by atoms with van der Waals surface area (Å²) in [6.45, 7) is 3.55. The molecule has 5 atom stereocenters. The highest BCUT2D eigenvalue weighted by Crippen LogP contribution is 2.04. The molecule has 0 aromatic carbocycles. The lowest BCUT2D eigenvalue weighted by molar-refractivity contribution is -0.180. The molecule has 0 fully saturated rings. The van der Waals surface area contributed by atoms with Crippen LogP contribution in [0.2, 0.25) is 0 Å². The van der Waals surface area contributed by atoms with Crippen LogP contribution in [0.3, 0.4) is 0 Å². The van der Waals surface area contributed by atoms with E-state index in [1.165, 1.54) is 6.92 Å². The molecule has 3 N–H and O–H groups in total. The van der Waals surface area contributed by atoms with Gasteiger partial charge < -0.3 is 34.3 Å². The SMILES string of the molecule is CC(O)C(=O)OCC(COC(=O)C(C)OC(=O)C(C)O)OC(=O)C(C)O. The largest absolute Gasteiger partial charge is 0.460 e. The molecule has 0 spiro atoms. The van der Waals surface area contributed by atoms with Gasteiger partial charge in [0, 0.05) is 0 Å². The maximum absolute atomic E-state index is 11.8. The summed E-state index contributed by atoms with van der Waals surface area (Å²) in [7, 11) is 0. The molecule has 0 rings (SSSR count). The minimum Gasteiger partial charge on any atom is -0.460 e. The molecule has 0 radical (unpaired) electrons. The lowest BCUT2D eigenvalue weighted by Crippen LogP contribution is -2.37. The number of aliphatic hydroxyl groups is 3. The molecule has 0 aromatic rings. The highest BCUT2D eigenvalue weighted by molar-refractivity contribution is 5.80. The van der Waals surface area contributed by atoms with Gasteiger partial charge in [0.25, 0.3) is 0 Å². The molecule has 26 heavy (non-hydrogen) atoms. The van der Waals surface area contributed by atoms with Crippen LogP contribution in [0.1, 0.15) is 27.7 Å². The molecule has 5 unspecified atom stereocenters. The van der Waals surface area contributed by atoms with E-state index in [1.807, 2.05) is 0 Å². The summed E-state index contributed by atoms with van der Waals surface area (Å²) in [6, 6.07) is 0. The Balaban J connectivity index is 4.69. The number of aliphatic hydroxyl groups excluding tert-OH is 3. The highest BCUT2D eigenvalue weighted by atomic mass is 16.6. The second-order valence-corrected chi connectivity index (χ2v) is 5.43. The first-order valence-corrected chi connectivity index (χ1v) is 7.74. The van der Waals surface area contributed by atoms with Gasteiger partial charge in [-0.25, -0.2) is 19.2 Å². The van der Waals surface area contributed by atoms with Gasteiger partial charge in [0.1, 0.15) is 31.5 Å². The van der Waals surface area contributed by atoms with Crippen LogP contribution in [0.5, 0.6) is 0 Å². The van der Waals surface area contributed by atoms with E-state index in [-0.39, 0.29) is 0 Å². The molecule has 11 nitrogen and oxygen atoms in total. The lowest BCUT2D eigenvalue weighted by atomic mass is 10.3. The third-order valence-corrected chi connectivity index (χ3v) is 2.75. The Morgan fingerprint density at radius 3 is 1.46 bits per heavy atom. The van der Waals surface area contributed by atoms with E-state index in [9.17, 15) is 19.2 Å².